The summed E-state index contributed by atoms with van der Waals surface area (Å²) in [6.07, 6.45) is 2.88. The van der Waals surface area contributed by atoms with Crippen molar-refractivity contribution in [3.8, 4) is 17.2 Å². The number of benzene rings is 2. The molecule has 1 atom stereocenters. The van der Waals surface area contributed by atoms with E-state index in [0.717, 1.165) is 24.7 Å². The number of carbonyl (C=O) groups excluding carboxylic acids is 1. The third-order valence-corrected chi connectivity index (χ3v) is 5.39. The van der Waals surface area contributed by atoms with Crippen LogP contribution in [0.15, 0.2) is 42.5 Å². The molecule has 1 fully saturated rings. The average molecular weight is 433 g/mol. The lowest BCUT2D eigenvalue weighted by Crippen LogP contribution is -2.37. The van der Waals surface area contributed by atoms with Gasteiger partial charge in [-0.1, -0.05) is 12.1 Å². The van der Waals surface area contributed by atoms with Crippen molar-refractivity contribution in [1.29, 1.82) is 0 Å². The first-order valence-electron chi connectivity index (χ1n) is 9.66. The molecule has 2 aromatic rings. The van der Waals surface area contributed by atoms with E-state index in [2.05, 4.69) is 0 Å². The third kappa shape index (κ3) is 5.03. The number of ether oxygens (including phenoxy) is 3. The van der Waals surface area contributed by atoms with Gasteiger partial charge in [-0.3, -0.25) is 4.79 Å². The standard InChI is InChI=1S/C21H23NO7S/c1-30(24,25)29-17-7-4-15(5-8-17)12-22(13-18-3-2-10-26-18)21(23)16-6-9-19-20(11-16)28-14-27-19/h4-9,11,18H,2-3,10,12-14H2,1H3. The number of hydrogen-bond acceptors (Lipinski definition) is 7. The molecular formula is C21H23NO7S. The Balaban J connectivity index is 1.52. The van der Waals surface area contributed by atoms with Crippen molar-refractivity contribution in [3.63, 3.8) is 0 Å². The Hall–Kier alpha value is -2.78. The van der Waals surface area contributed by atoms with Crippen LogP contribution in [0, 0.1) is 0 Å². The minimum atomic E-state index is -3.59. The van der Waals surface area contributed by atoms with Crippen molar-refractivity contribution in [2.24, 2.45) is 0 Å². The van der Waals surface area contributed by atoms with Gasteiger partial charge in [0.2, 0.25) is 6.79 Å². The second kappa shape index (κ2) is 8.53. The van der Waals surface area contributed by atoms with E-state index in [4.69, 9.17) is 18.4 Å². The number of hydrogen-bond donors (Lipinski definition) is 0. The molecule has 0 radical (unpaired) electrons. The molecule has 0 aliphatic carbocycles. The van der Waals surface area contributed by atoms with Crippen LogP contribution in [0.4, 0.5) is 0 Å². The summed E-state index contributed by atoms with van der Waals surface area (Å²) in [6, 6.07) is 11.8. The summed E-state index contributed by atoms with van der Waals surface area (Å²) in [7, 11) is -3.59. The van der Waals surface area contributed by atoms with Crippen molar-refractivity contribution in [3.05, 3.63) is 53.6 Å². The molecule has 2 aromatic carbocycles. The summed E-state index contributed by atoms with van der Waals surface area (Å²) < 4.78 is 43.9. The zero-order chi connectivity index (χ0) is 21.1. The van der Waals surface area contributed by atoms with Gasteiger partial charge in [-0.25, -0.2) is 0 Å². The number of amides is 1. The molecular weight excluding hydrogens is 410 g/mol. The summed E-state index contributed by atoms with van der Waals surface area (Å²) in [5, 5.41) is 0. The van der Waals surface area contributed by atoms with Gasteiger partial charge in [-0.2, -0.15) is 8.42 Å². The van der Waals surface area contributed by atoms with Crippen molar-refractivity contribution in [2.45, 2.75) is 25.5 Å². The lowest BCUT2D eigenvalue weighted by molar-refractivity contribution is 0.0507. The van der Waals surface area contributed by atoms with Gasteiger partial charge in [-0.15, -0.1) is 0 Å². The van der Waals surface area contributed by atoms with E-state index in [-0.39, 0.29) is 24.6 Å². The van der Waals surface area contributed by atoms with Gasteiger partial charge in [0.25, 0.3) is 5.91 Å². The van der Waals surface area contributed by atoms with Crippen molar-refractivity contribution >= 4 is 16.0 Å². The molecule has 0 saturated carbocycles. The van der Waals surface area contributed by atoms with E-state index in [1.807, 2.05) is 0 Å². The Morgan fingerprint density at radius 2 is 1.90 bits per heavy atom. The molecule has 8 nitrogen and oxygen atoms in total. The Morgan fingerprint density at radius 3 is 2.60 bits per heavy atom. The van der Waals surface area contributed by atoms with E-state index in [0.29, 0.717) is 36.8 Å². The largest absolute Gasteiger partial charge is 0.454 e. The van der Waals surface area contributed by atoms with Gasteiger partial charge in [0.15, 0.2) is 11.5 Å². The Morgan fingerprint density at radius 1 is 1.13 bits per heavy atom. The van der Waals surface area contributed by atoms with Crippen LogP contribution in [0.5, 0.6) is 17.2 Å². The van der Waals surface area contributed by atoms with Crippen LogP contribution in [0.1, 0.15) is 28.8 Å². The minimum Gasteiger partial charge on any atom is -0.454 e. The summed E-state index contributed by atoms with van der Waals surface area (Å²) in [4.78, 5) is 15.0. The first kappa shape index (κ1) is 20.5. The van der Waals surface area contributed by atoms with Crippen LogP contribution in [-0.2, 0) is 21.4 Å². The SMILES string of the molecule is CS(=O)(=O)Oc1ccc(CN(CC2CCCO2)C(=O)c2ccc3c(c2)OCO3)cc1. The molecule has 30 heavy (non-hydrogen) atoms. The number of carbonyl (C=O) groups is 1. The quantitative estimate of drug-likeness (QED) is 0.620. The highest BCUT2D eigenvalue weighted by Gasteiger charge is 2.25. The highest BCUT2D eigenvalue weighted by molar-refractivity contribution is 7.86. The van der Waals surface area contributed by atoms with E-state index in [9.17, 15) is 13.2 Å². The molecule has 0 aromatic heterocycles. The Bertz CT molecular complexity index is 1010. The zero-order valence-electron chi connectivity index (χ0n) is 16.6. The molecule has 1 saturated heterocycles. The molecule has 4 rings (SSSR count). The fourth-order valence-corrected chi connectivity index (χ4v) is 3.97. The molecule has 9 heteroatoms. The number of nitrogens with zero attached hydrogens (tertiary/aromatic N) is 1. The van der Waals surface area contributed by atoms with E-state index in [1.54, 1.807) is 47.4 Å². The highest BCUT2D eigenvalue weighted by atomic mass is 32.2. The topological polar surface area (TPSA) is 91.4 Å². The van der Waals surface area contributed by atoms with Crippen LogP contribution in [-0.4, -0.2) is 51.5 Å². The van der Waals surface area contributed by atoms with E-state index < -0.39 is 10.1 Å². The smallest absolute Gasteiger partial charge is 0.306 e. The second-order valence-electron chi connectivity index (χ2n) is 7.32. The van der Waals surface area contributed by atoms with Gasteiger partial charge < -0.3 is 23.3 Å². The molecule has 2 heterocycles. The first-order chi connectivity index (χ1) is 14.4. The summed E-state index contributed by atoms with van der Waals surface area (Å²) >= 11 is 0. The monoisotopic (exact) mass is 433 g/mol. The van der Waals surface area contributed by atoms with Crippen LogP contribution in [0.25, 0.3) is 0 Å². The van der Waals surface area contributed by atoms with E-state index in [1.165, 1.54) is 0 Å². The fourth-order valence-electron chi connectivity index (χ4n) is 3.51. The van der Waals surface area contributed by atoms with Crippen LogP contribution >= 0.6 is 0 Å². The molecule has 2 aliphatic heterocycles. The summed E-state index contributed by atoms with van der Waals surface area (Å²) in [5.74, 6) is 1.27. The van der Waals surface area contributed by atoms with Gasteiger partial charge in [0, 0.05) is 25.3 Å². The lowest BCUT2D eigenvalue weighted by Gasteiger charge is -2.26. The van der Waals surface area contributed by atoms with Crippen LogP contribution in [0.2, 0.25) is 0 Å². The van der Waals surface area contributed by atoms with E-state index >= 15 is 0 Å². The van der Waals surface area contributed by atoms with Crippen LogP contribution < -0.4 is 13.7 Å². The predicted octanol–water partition coefficient (Wildman–Crippen LogP) is 2.58. The number of rotatable bonds is 7. The van der Waals surface area contributed by atoms with Gasteiger partial charge >= 0.3 is 10.1 Å². The maximum Gasteiger partial charge on any atom is 0.306 e. The van der Waals surface area contributed by atoms with Crippen molar-refractivity contribution in [1.82, 2.24) is 4.90 Å². The van der Waals surface area contributed by atoms with Gasteiger partial charge in [0.05, 0.1) is 12.4 Å². The molecule has 0 bridgehead atoms. The van der Waals surface area contributed by atoms with Gasteiger partial charge in [0.1, 0.15) is 5.75 Å². The molecule has 0 spiro atoms. The highest BCUT2D eigenvalue weighted by Crippen LogP contribution is 2.33. The molecule has 1 amide bonds. The van der Waals surface area contributed by atoms with Gasteiger partial charge in [-0.05, 0) is 48.7 Å². The second-order valence-corrected chi connectivity index (χ2v) is 8.90. The third-order valence-electron chi connectivity index (χ3n) is 4.90. The maximum atomic E-state index is 13.3. The summed E-state index contributed by atoms with van der Waals surface area (Å²) in [6.45, 7) is 1.67. The van der Waals surface area contributed by atoms with Crippen molar-refractivity contribution in [2.75, 3.05) is 26.2 Å². The zero-order valence-corrected chi connectivity index (χ0v) is 17.4. The molecule has 160 valence electrons. The predicted molar refractivity (Wildman–Crippen MR) is 108 cm³/mol. The van der Waals surface area contributed by atoms with Crippen molar-refractivity contribution < 1.29 is 31.6 Å². The average Bonchev–Trinajstić information content (AvgIpc) is 3.38. The molecule has 2 aliphatic rings. The molecule has 0 N–H and O–H groups in total. The van der Waals surface area contributed by atoms with Crippen LogP contribution in [0.3, 0.4) is 0 Å². The summed E-state index contributed by atoms with van der Waals surface area (Å²) in [5.41, 5.74) is 1.36. The maximum absolute atomic E-state index is 13.3. The number of fused-ring (bicyclic) bond motifs is 1. The lowest BCUT2D eigenvalue weighted by atomic mass is 10.1. The molecule has 1 unspecified atom stereocenters. The minimum absolute atomic E-state index is 0.00389. The fraction of sp³-hybridized carbons (Fsp3) is 0.381. The Kier molecular flexibility index (Phi) is 5.83. The first-order valence-corrected chi connectivity index (χ1v) is 11.5. The Labute approximate surface area is 175 Å². The normalized spacial score (nSPS) is 17.7.